The molecule has 0 amide bonds. The lowest BCUT2D eigenvalue weighted by Crippen LogP contribution is -2.27. The molecule has 0 saturated carbocycles. The Labute approximate surface area is 114 Å². The molecule has 4 N–H and O–H groups in total. The van der Waals surface area contributed by atoms with E-state index in [0.717, 1.165) is 37.6 Å². The van der Waals surface area contributed by atoms with Crippen LogP contribution in [0.1, 0.15) is 19.0 Å². The van der Waals surface area contributed by atoms with E-state index in [2.05, 4.69) is 38.8 Å². The number of aromatic nitrogens is 2. The van der Waals surface area contributed by atoms with Crippen LogP contribution in [0.15, 0.2) is 24.5 Å². The minimum absolute atomic E-state index is 0.289. The van der Waals surface area contributed by atoms with Crippen LogP contribution >= 0.6 is 0 Å². The van der Waals surface area contributed by atoms with E-state index in [4.69, 9.17) is 11.5 Å². The molecule has 104 valence electrons. The fourth-order valence-electron chi connectivity index (χ4n) is 2.36. The average molecular weight is 261 g/mol. The van der Waals surface area contributed by atoms with Gasteiger partial charge in [-0.2, -0.15) is 0 Å². The number of nitrogens with two attached hydrogens (primary N) is 2. The summed E-state index contributed by atoms with van der Waals surface area (Å²) in [6.07, 6.45) is 5.17. The summed E-state index contributed by atoms with van der Waals surface area (Å²) in [6, 6.07) is 4.44. The van der Waals surface area contributed by atoms with Gasteiger partial charge in [0, 0.05) is 31.5 Å². The maximum Gasteiger partial charge on any atom is 0.153 e. The van der Waals surface area contributed by atoms with Gasteiger partial charge in [-0.1, -0.05) is 6.92 Å². The van der Waals surface area contributed by atoms with Crippen molar-refractivity contribution in [2.24, 2.45) is 11.5 Å². The largest absolute Gasteiger partial charge is 0.353 e. The summed E-state index contributed by atoms with van der Waals surface area (Å²) in [5, 5.41) is 0. The summed E-state index contributed by atoms with van der Waals surface area (Å²) in [5.74, 6) is 1.07. The number of rotatable bonds is 1. The minimum atomic E-state index is 0.289. The van der Waals surface area contributed by atoms with E-state index < -0.39 is 0 Å². The molecule has 1 unspecified atom stereocenters. The van der Waals surface area contributed by atoms with Crippen LogP contribution in [0.4, 0.5) is 5.82 Å². The summed E-state index contributed by atoms with van der Waals surface area (Å²) in [6.45, 7) is 6.61. The van der Waals surface area contributed by atoms with Crippen molar-refractivity contribution in [1.82, 2.24) is 9.38 Å². The highest BCUT2D eigenvalue weighted by Gasteiger charge is 2.22. The molecule has 5 nitrogen and oxygen atoms in total. The number of hydrogen-bond acceptors (Lipinski definition) is 4. The van der Waals surface area contributed by atoms with E-state index in [-0.39, 0.29) is 6.04 Å². The Bertz CT molecular complexity index is 534. The van der Waals surface area contributed by atoms with Gasteiger partial charge < -0.3 is 20.8 Å². The van der Waals surface area contributed by atoms with E-state index in [0.29, 0.717) is 0 Å². The van der Waals surface area contributed by atoms with E-state index in [1.807, 2.05) is 13.8 Å². The molecule has 19 heavy (non-hydrogen) atoms. The molecule has 5 heteroatoms. The van der Waals surface area contributed by atoms with Gasteiger partial charge in [-0.3, -0.25) is 0 Å². The molecule has 2 aromatic rings. The van der Waals surface area contributed by atoms with Crippen LogP contribution in [0, 0.1) is 6.92 Å². The lowest BCUT2D eigenvalue weighted by atomic mass is 10.3. The summed E-state index contributed by atoms with van der Waals surface area (Å²) in [4.78, 5) is 6.92. The molecule has 2 aromatic heterocycles. The van der Waals surface area contributed by atoms with Crippen LogP contribution < -0.4 is 16.4 Å². The van der Waals surface area contributed by atoms with Gasteiger partial charge in [0.1, 0.15) is 0 Å². The van der Waals surface area contributed by atoms with Crippen molar-refractivity contribution < 1.29 is 0 Å². The molecule has 0 radical (unpaired) electrons. The smallest absolute Gasteiger partial charge is 0.153 e. The topological polar surface area (TPSA) is 72.6 Å². The van der Waals surface area contributed by atoms with Crippen LogP contribution in [0.2, 0.25) is 0 Å². The Balaban J connectivity index is 0.000000408. The number of nitrogens with zero attached hydrogens (tertiary/aromatic N) is 3. The molecule has 1 fully saturated rings. The zero-order valence-electron chi connectivity index (χ0n) is 11.7. The predicted molar refractivity (Wildman–Crippen MR) is 79.5 cm³/mol. The van der Waals surface area contributed by atoms with Crippen molar-refractivity contribution >= 4 is 11.3 Å². The SMILES string of the molecule is CCN.Cc1cn2cccc2c(N2CCC(N)C2)n1. The van der Waals surface area contributed by atoms with Gasteiger partial charge in [0.25, 0.3) is 0 Å². The highest BCUT2D eigenvalue weighted by Crippen LogP contribution is 2.23. The molecule has 0 aromatic carbocycles. The Morgan fingerprint density at radius 1 is 1.47 bits per heavy atom. The minimum Gasteiger partial charge on any atom is -0.353 e. The van der Waals surface area contributed by atoms with Gasteiger partial charge in [-0.15, -0.1) is 0 Å². The molecular weight excluding hydrogens is 238 g/mol. The van der Waals surface area contributed by atoms with Gasteiger partial charge >= 0.3 is 0 Å². The average Bonchev–Trinajstić information content (AvgIpc) is 2.97. The molecule has 0 bridgehead atoms. The monoisotopic (exact) mass is 261 g/mol. The maximum absolute atomic E-state index is 5.94. The van der Waals surface area contributed by atoms with Crippen LogP contribution in [0.25, 0.3) is 5.52 Å². The summed E-state index contributed by atoms with van der Waals surface area (Å²) in [7, 11) is 0. The second-order valence-electron chi connectivity index (χ2n) is 4.91. The molecule has 1 aliphatic rings. The van der Waals surface area contributed by atoms with Crippen molar-refractivity contribution in [3.8, 4) is 0 Å². The molecule has 0 aliphatic carbocycles. The van der Waals surface area contributed by atoms with Gasteiger partial charge in [-0.05, 0) is 32.0 Å². The van der Waals surface area contributed by atoms with Gasteiger partial charge in [0.2, 0.25) is 0 Å². The highest BCUT2D eigenvalue weighted by atomic mass is 15.2. The lowest BCUT2D eigenvalue weighted by molar-refractivity contribution is 0.751. The first-order valence-corrected chi connectivity index (χ1v) is 6.80. The zero-order valence-corrected chi connectivity index (χ0v) is 11.7. The molecule has 0 spiro atoms. The van der Waals surface area contributed by atoms with Crippen molar-refractivity contribution in [2.45, 2.75) is 26.3 Å². The lowest BCUT2D eigenvalue weighted by Gasteiger charge is -2.18. The maximum atomic E-state index is 5.94. The van der Waals surface area contributed by atoms with Crippen molar-refractivity contribution in [2.75, 3.05) is 24.5 Å². The van der Waals surface area contributed by atoms with E-state index in [1.165, 1.54) is 5.52 Å². The molecule has 3 rings (SSSR count). The van der Waals surface area contributed by atoms with Crippen molar-refractivity contribution in [3.05, 3.63) is 30.2 Å². The summed E-state index contributed by atoms with van der Waals surface area (Å²) < 4.78 is 2.13. The number of aryl methyl sites for hydroxylation is 1. The van der Waals surface area contributed by atoms with E-state index in [1.54, 1.807) is 0 Å². The standard InChI is InChI=1S/C12H16N4.C2H7N/c1-9-7-15-5-2-3-11(15)12(14-9)16-6-4-10(13)8-16;1-2-3/h2-3,5,7,10H,4,6,8,13H2,1H3;2-3H2,1H3. The van der Waals surface area contributed by atoms with Gasteiger partial charge in [-0.25, -0.2) is 4.98 Å². The van der Waals surface area contributed by atoms with Crippen molar-refractivity contribution in [1.29, 1.82) is 0 Å². The number of anilines is 1. The number of fused-ring (bicyclic) bond motifs is 1. The second kappa shape index (κ2) is 6.04. The third-order valence-corrected chi connectivity index (χ3v) is 3.14. The third kappa shape index (κ3) is 3.05. The van der Waals surface area contributed by atoms with E-state index >= 15 is 0 Å². The Kier molecular flexibility index (Phi) is 4.39. The molecule has 3 heterocycles. The molecule has 1 atom stereocenters. The Morgan fingerprint density at radius 2 is 2.21 bits per heavy atom. The fourth-order valence-corrected chi connectivity index (χ4v) is 2.36. The van der Waals surface area contributed by atoms with Crippen LogP contribution in [-0.2, 0) is 0 Å². The van der Waals surface area contributed by atoms with E-state index in [9.17, 15) is 0 Å². The van der Waals surface area contributed by atoms with Crippen LogP contribution in [-0.4, -0.2) is 35.1 Å². The first-order chi connectivity index (χ1) is 9.15. The van der Waals surface area contributed by atoms with Crippen molar-refractivity contribution in [3.63, 3.8) is 0 Å². The first kappa shape index (κ1) is 13.8. The van der Waals surface area contributed by atoms with Crippen LogP contribution in [0.5, 0.6) is 0 Å². The first-order valence-electron chi connectivity index (χ1n) is 6.80. The van der Waals surface area contributed by atoms with Gasteiger partial charge in [0.15, 0.2) is 5.82 Å². The molecule has 1 saturated heterocycles. The molecule has 1 aliphatic heterocycles. The van der Waals surface area contributed by atoms with Gasteiger partial charge in [0.05, 0.1) is 11.2 Å². The fraction of sp³-hybridized carbons (Fsp3) is 0.500. The number of hydrogen-bond donors (Lipinski definition) is 2. The molecular formula is C14H23N5. The zero-order chi connectivity index (χ0) is 13.8. The summed E-state index contributed by atoms with van der Waals surface area (Å²) >= 11 is 0. The Hall–Kier alpha value is -1.59. The highest BCUT2D eigenvalue weighted by molar-refractivity contribution is 5.70. The predicted octanol–water partition coefficient (Wildman–Crippen LogP) is 1.15. The van der Waals surface area contributed by atoms with Crippen LogP contribution in [0.3, 0.4) is 0 Å². The summed E-state index contributed by atoms with van der Waals surface area (Å²) in [5.41, 5.74) is 13.0. The Morgan fingerprint density at radius 3 is 2.84 bits per heavy atom. The quantitative estimate of drug-likeness (QED) is 0.807. The third-order valence-electron chi connectivity index (χ3n) is 3.14. The second-order valence-corrected chi connectivity index (χ2v) is 4.91. The normalized spacial score (nSPS) is 18.5.